The summed E-state index contributed by atoms with van der Waals surface area (Å²) in [6.45, 7) is 3.19. The lowest BCUT2D eigenvalue weighted by Gasteiger charge is -2.26. The first-order valence-electron chi connectivity index (χ1n) is 9.49. The molecular weight excluding hydrogens is 332 g/mol. The molecule has 1 aromatic rings. The first kappa shape index (κ1) is 18.3. The second-order valence-electron chi connectivity index (χ2n) is 6.94. The van der Waals surface area contributed by atoms with Gasteiger partial charge >= 0.3 is 0 Å². The fourth-order valence-corrected chi connectivity index (χ4v) is 5.05. The van der Waals surface area contributed by atoms with Crippen molar-refractivity contribution < 1.29 is 9.59 Å². The van der Waals surface area contributed by atoms with Gasteiger partial charge in [0.25, 0.3) is 5.91 Å². The third-order valence-electron chi connectivity index (χ3n) is 5.22. The Bertz CT molecular complexity index is 613. The van der Waals surface area contributed by atoms with Crippen LogP contribution in [0.2, 0.25) is 0 Å². The van der Waals surface area contributed by atoms with E-state index < -0.39 is 0 Å². The average molecular weight is 361 g/mol. The van der Waals surface area contributed by atoms with Gasteiger partial charge in [-0.3, -0.25) is 9.59 Å². The van der Waals surface area contributed by atoms with Crippen LogP contribution in [0.1, 0.15) is 61.4 Å². The zero-order valence-electron chi connectivity index (χ0n) is 15.0. The van der Waals surface area contributed by atoms with E-state index in [0.717, 1.165) is 22.1 Å². The number of fused-ring (bicyclic) bond motifs is 1. The Morgan fingerprint density at radius 2 is 2.04 bits per heavy atom. The normalized spacial score (nSPS) is 18.9. The van der Waals surface area contributed by atoms with Crippen LogP contribution in [-0.2, 0) is 11.3 Å². The summed E-state index contributed by atoms with van der Waals surface area (Å²) >= 11 is 1.99. The van der Waals surface area contributed by atoms with Crippen molar-refractivity contribution in [1.82, 2.24) is 10.2 Å². The second-order valence-corrected chi connectivity index (χ2v) is 8.34. The third kappa shape index (κ3) is 4.38. The summed E-state index contributed by atoms with van der Waals surface area (Å²) in [6, 6.07) is 7.27. The SMILES string of the molecule is CC[C@H](C(=O)NCCSC1CCCCC1)N1Cc2ccccc2C1=O. The summed E-state index contributed by atoms with van der Waals surface area (Å²) in [5.74, 6) is 0.920. The molecule has 0 spiro atoms. The number of amides is 2. The van der Waals surface area contributed by atoms with E-state index in [0.29, 0.717) is 19.5 Å². The molecule has 4 nitrogen and oxygen atoms in total. The van der Waals surface area contributed by atoms with Gasteiger partial charge in [-0.2, -0.15) is 11.8 Å². The molecule has 1 fully saturated rings. The van der Waals surface area contributed by atoms with Crippen LogP contribution >= 0.6 is 11.8 Å². The number of carbonyl (C=O) groups is 2. The van der Waals surface area contributed by atoms with E-state index in [1.54, 1.807) is 4.90 Å². The highest BCUT2D eigenvalue weighted by Gasteiger charge is 2.34. The third-order valence-corrected chi connectivity index (χ3v) is 6.60. The Kier molecular flexibility index (Phi) is 6.40. The van der Waals surface area contributed by atoms with Crippen molar-refractivity contribution in [2.45, 2.75) is 63.3 Å². The first-order valence-corrected chi connectivity index (χ1v) is 10.5. The van der Waals surface area contributed by atoms with Crippen molar-refractivity contribution in [2.75, 3.05) is 12.3 Å². The van der Waals surface area contributed by atoms with Gasteiger partial charge in [0.05, 0.1) is 0 Å². The molecule has 0 saturated heterocycles. The largest absolute Gasteiger partial charge is 0.353 e. The smallest absolute Gasteiger partial charge is 0.255 e. The van der Waals surface area contributed by atoms with Crippen molar-refractivity contribution in [3.63, 3.8) is 0 Å². The number of carbonyl (C=O) groups excluding carboxylic acids is 2. The maximum Gasteiger partial charge on any atom is 0.255 e. The second kappa shape index (κ2) is 8.75. The van der Waals surface area contributed by atoms with Crippen LogP contribution in [0.4, 0.5) is 0 Å². The molecule has 25 heavy (non-hydrogen) atoms. The molecular formula is C20H28N2O2S. The summed E-state index contributed by atoms with van der Waals surface area (Å²) in [7, 11) is 0. The molecule has 3 rings (SSSR count). The van der Waals surface area contributed by atoms with Crippen LogP contribution in [-0.4, -0.2) is 40.3 Å². The van der Waals surface area contributed by atoms with E-state index >= 15 is 0 Å². The minimum absolute atomic E-state index is 0.0193. The molecule has 1 aliphatic heterocycles. The molecule has 5 heteroatoms. The Morgan fingerprint density at radius 3 is 2.76 bits per heavy atom. The Labute approximate surface area is 154 Å². The van der Waals surface area contributed by atoms with Crippen molar-refractivity contribution >= 4 is 23.6 Å². The number of nitrogens with zero attached hydrogens (tertiary/aromatic N) is 1. The number of hydrogen-bond acceptors (Lipinski definition) is 3. The predicted octanol–water partition coefficient (Wildman–Crippen LogP) is 3.60. The summed E-state index contributed by atoms with van der Waals surface area (Å²) in [6.07, 6.45) is 7.34. The lowest BCUT2D eigenvalue weighted by Crippen LogP contribution is -2.47. The van der Waals surface area contributed by atoms with Crippen molar-refractivity contribution in [1.29, 1.82) is 0 Å². The van der Waals surface area contributed by atoms with E-state index in [1.165, 1.54) is 32.1 Å². The highest BCUT2D eigenvalue weighted by molar-refractivity contribution is 7.99. The Hall–Kier alpha value is -1.49. The topological polar surface area (TPSA) is 49.4 Å². The van der Waals surface area contributed by atoms with Crippen molar-refractivity contribution in [3.05, 3.63) is 35.4 Å². The van der Waals surface area contributed by atoms with Crippen LogP contribution in [0.25, 0.3) is 0 Å². The average Bonchev–Trinajstić information content (AvgIpc) is 2.97. The molecule has 0 aromatic heterocycles. The van der Waals surface area contributed by atoms with Crippen LogP contribution in [0, 0.1) is 0 Å². The highest BCUT2D eigenvalue weighted by atomic mass is 32.2. The van der Waals surface area contributed by atoms with Gasteiger partial charge in [0.2, 0.25) is 5.91 Å². The molecule has 136 valence electrons. The van der Waals surface area contributed by atoms with Gasteiger partial charge in [-0.05, 0) is 30.9 Å². The fraction of sp³-hybridized carbons (Fsp3) is 0.600. The first-order chi connectivity index (χ1) is 12.2. The number of thioether (sulfide) groups is 1. The van der Waals surface area contributed by atoms with Crippen LogP contribution in [0.3, 0.4) is 0 Å². The maximum absolute atomic E-state index is 12.6. The molecule has 2 amide bonds. The number of benzene rings is 1. The van der Waals surface area contributed by atoms with E-state index in [9.17, 15) is 9.59 Å². The number of hydrogen-bond donors (Lipinski definition) is 1. The van der Waals surface area contributed by atoms with E-state index in [4.69, 9.17) is 0 Å². The number of nitrogens with one attached hydrogen (secondary N) is 1. The van der Waals surface area contributed by atoms with Crippen LogP contribution in [0.15, 0.2) is 24.3 Å². The van der Waals surface area contributed by atoms with E-state index in [1.807, 2.05) is 43.0 Å². The van der Waals surface area contributed by atoms with Gasteiger partial charge in [0.15, 0.2) is 0 Å². The standard InChI is InChI=1S/C20H28N2O2S/c1-2-18(22-14-15-8-6-7-11-17(15)20(22)24)19(23)21-12-13-25-16-9-4-3-5-10-16/h6-8,11,16,18H,2-5,9-10,12-14H2,1H3,(H,21,23)/t18-/m1/s1. The van der Waals surface area contributed by atoms with Gasteiger partial charge in [-0.1, -0.05) is 44.4 Å². The molecule has 1 aromatic carbocycles. The lowest BCUT2D eigenvalue weighted by atomic mass is 10.0. The van der Waals surface area contributed by atoms with E-state index in [-0.39, 0.29) is 17.9 Å². The van der Waals surface area contributed by atoms with Gasteiger partial charge in [-0.25, -0.2) is 0 Å². The Balaban J connectivity index is 1.48. The molecule has 1 N–H and O–H groups in total. The maximum atomic E-state index is 12.6. The fourth-order valence-electron chi connectivity index (χ4n) is 3.83. The highest BCUT2D eigenvalue weighted by Crippen LogP contribution is 2.28. The lowest BCUT2D eigenvalue weighted by molar-refractivity contribution is -0.125. The van der Waals surface area contributed by atoms with Gasteiger partial charge in [-0.15, -0.1) is 0 Å². The zero-order chi connectivity index (χ0) is 17.6. The van der Waals surface area contributed by atoms with Crippen molar-refractivity contribution in [3.8, 4) is 0 Å². The molecule has 1 saturated carbocycles. The molecule has 1 atom stereocenters. The molecule has 1 heterocycles. The van der Waals surface area contributed by atoms with E-state index in [2.05, 4.69) is 5.32 Å². The van der Waals surface area contributed by atoms with Crippen molar-refractivity contribution in [2.24, 2.45) is 0 Å². The molecule has 0 unspecified atom stereocenters. The minimum atomic E-state index is -0.375. The summed E-state index contributed by atoms with van der Waals surface area (Å²) in [4.78, 5) is 26.9. The van der Waals surface area contributed by atoms with Gasteiger partial charge in [0.1, 0.15) is 6.04 Å². The van der Waals surface area contributed by atoms with Crippen LogP contribution < -0.4 is 5.32 Å². The van der Waals surface area contributed by atoms with Gasteiger partial charge < -0.3 is 10.2 Å². The predicted molar refractivity (Wildman–Crippen MR) is 103 cm³/mol. The molecule has 1 aliphatic carbocycles. The molecule has 0 radical (unpaired) electrons. The van der Waals surface area contributed by atoms with Crippen LogP contribution in [0.5, 0.6) is 0 Å². The monoisotopic (exact) mass is 360 g/mol. The quantitative estimate of drug-likeness (QED) is 0.756. The summed E-state index contributed by atoms with van der Waals surface area (Å²) < 4.78 is 0. The molecule has 0 bridgehead atoms. The number of rotatable bonds is 7. The summed E-state index contributed by atoms with van der Waals surface area (Å²) in [5.41, 5.74) is 1.76. The van der Waals surface area contributed by atoms with Gasteiger partial charge in [0, 0.05) is 29.7 Å². The Morgan fingerprint density at radius 1 is 1.28 bits per heavy atom. The zero-order valence-corrected chi connectivity index (χ0v) is 15.8. The minimum Gasteiger partial charge on any atom is -0.353 e. The summed E-state index contributed by atoms with van der Waals surface area (Å²) in [5, 5.41) is 3.81. The molecule has 2 aliphatic rings.